The van der Waals surface area contributed by atoms with Crippen LogP contribution in [0.25, 0.3) is 5.57 Å². The molecule has 2 heterocycles. The maximum Gasteiger partial charge on any atom is 0.148 e. The van der Waals surface area contributed by atoms with Gasteiger partial charge in [-0.3, -0.25) is 0 Å². The number of allylic oxidation sites excluding steroid dienone is 1. The van der Waals surface area contributed by atoms with Crippen LogP contribution in [0.5, 0.6) is 0 Å². The van der Waals surface area contributed by atoms with Crippen molar-refractivity contribution in [2.24, 2.45) is 0 Å². The number of aromatic nitrogens is 1. The first-order valence-electron chi connectivity index (χ1n) is 4.44. The van der Waals surface area contributed by atoms with Crippen molar-refractivity contribution in [1.82, 2.24) is 4.37 Å². The molecule has 13 heavy (non-hydrogen) atoms. The number of rotatable bonds is 0. The van der Waals surface area contributed by atoms with Crippen molar-refractivity contribution in [3.63, 3.8) is 0 Å². The van der Waals surface area contributed by atoms with E-state index in [1.807, 2.05) is 0 Å². The number of nitrogens with one attached hydrogen (secondary N) is 1. The molecule has 1 N–H and O–H groups in total. The molecule has 0 saturated heterocycles. The Hall–Kier alpha value is -0.830. The highest BCUT2D eigenvalue weighted by Gasteiger charge is 2.25. The summed E-state index contributed by atoms with van der Waals surface area (Å²) in [6.07, 6.45) is 2.26. The third-order valence-electron chi connectivity index (χ3n) is 2.27. The van der Waals surface area contributed by atoms with Crippen LogP contribution in [-0.2, 0) is 0 Å². The Labute approximate surface area is 82.8 Å². The molecule has 0 radical (unpaired) electrons. The number of nitrogens with zero attached hydrogens (tertiary/aromatic N) is 1. The van der Waals surface area contributed by atoms with E-state index in [1.165, 1.54) is 16.0 Å². The Morgan fingerprint density at radius 2 is 2.08 bits per heavy atom. The molecule has 2 nitrogen and oxygen atoms in total. The SMILES string of the molecule is CC1=CC(C)(C)Nc2nsc(C)c21. The lowest BCUT2D eigenvalue weighted by atomic mass is 9.94. The zero-order valence-corrected chi connectivity index (χ0v) is 9.25. The maximum absolute atomic E-state index is 4.39. The quantitative estimate of drug-likeness (QED) is 0.686. The van der Waals surface area contributed by atoms with Gasteiger partial charge in [-0.2, -0.15) is 4.37 Å². The van der Waals surface area contributed by atoms with E-state index in [0.29, 0.717) is 0 Å². The number of anilines is 1. The van der Waals surface area contributed by atoms with Crippen LogP contribution in [0.1, 0.15) is 31.2 Å². The molecule has 0 atom stereocenters. The summed E-state index contributed by atoms with van der Waals surface area (Å²) in [7, 11) is 0. The van der Waals surface area contributed by atoms with E-state index >= 15 is 0 Å². The third-order valence-corrected chi connectivity index (χ3v) is 3.03. The lowest BCUT2D eigenvalue weighted by Gasteiger charge is -2.28. The van der Waals surface area contributed by atoms with Crippen molar-refractivity contribution in [3.05, 3.63) is 16.5 Å². The summed E-state index contributed by atoms with van der Waals surface area (Å²) < 4.78 is 4.39. The molecule has 1 aliphatic rings. The largest absolute Gasteiger partial charge is 0.360 e. The van der Waals surface area contributed by atoms with Gasteiger partial charge in [0.2, 0.25) is 0 Å². The highest BCUT2D eigenvalue weighted by molar-refractivity contribution is 7.06. The zero-order chi connectivity index (χ0) is 9.64. The van der Waals surface area contributed by atoms with Crippen LogP contribution in [-0.4, -0.2) is 9.91 Å². The molecule has 1 aromatic heterocycles. The molecule has 0 unspecified atom stereocenters. The minimum atomic E-state index is 0.0393. The zero-order valence-electron chi connectivity index (χ0n) is 8.43. The molecule has 0 bridgehead atoms. The van der Waals surface area contributed by atoms with Gasteiger partial charge in [-0.05, 0) is 44.8 Å². The molecule has 0 fully saturated rings. The molecule has 3 heteroatoms. The van der Waals surface area contributed by atoms with Crippen LogP contribution in [0.4, 0.5) is 5.82 Å². The fraction of sp³-hybridized carbons (Fsp3) is 0.500. The fourth-order valence-electron chi connectivity index (χ4n) is 1.88. The van der Waals surface area contributed by atoms with E-state index < -0.39 is 0 Å². The predicted molar refractivity (Wildman–Crippen MR) is 58.2 cm³/mol. The van der Waals surface area contributed by atoms with E-state index in [0.717, 1.165) is 5.82 Å². The van der Waals surface area contributed by atoms with Gasteiger partial charge in [0, 0.05) is 10.4 Å². The van der Waals surface area contributed by atoms with Crippen molar-refractivity contribution in [1.29, 1.82) is 0 Å². The average Bonchev–Trinajstić information content (AvgIpc) is 2.28. The molecular weight excluding hydrogens is 180 g/mol. The van der Waals surface area contributed by atoms with Crippen molar-refractivity contribution in [2.45, 2.75) is 33.2 Å². The topological polar surface area (TPSA) is 24.9 Å². The predicted octanol–water partition coefficient (Wildman–Crippen LogP) is 3.06. The van der Waals surface area contributed by atoms with Gasteiger partial charge >= 0.3 is 0 Å². The fourth-order valence-corrected chi connectivity index (χ4v) is 2.59. The summed E-state index contributed by atoms with van der Waals surface area (Å²) in [5, 5.41) is 3.41. The Morgan fingerprint density at radius 1 is 1.38 bits per heavy atom. The van der Waals surface area contributed by atoms with Crippen LogP contribution in [0.3, 0.4) is 0 Å². The summed E-state index contributed by atoms with van der Waals surface area (Å²) in [4.78, 5) is 1.30. The molecule has 0 aliphatic carbocycles. The number of hydrogen-bond donors (Lipinski definition) is 1. The van der Waals surface area contributed by atoms with Crippen LogP contribution in [0, 0.1) is 6.92 Å². The van der Waals surface area contributed by atoms with Gasteiger partial charge in [0.15, 0.2) is 0 Å². The van der Waals surface area contributed by atoms with Gasteiger partial charge in [0.05, 0.1) is 5.54 Å². The second-order valence-corrected chi connectivity index (χ2v) is 5.11. The first-order chi connectivity index (χ1) is 5.99. The molecule has 0 amide bonds. The second kappa shape index (κ2) is 2.58. The Bertz CT molecular complexity index is 374. The average molecular weight is 194 g/mol. The molecule has 70 valence electrons. The second-order valence-electron chi connectivity index (χ2n) is 4.14. The minimum Gasteiger partial charge on any atom is -0.360 e. The van der Waals surface area contributed by atoms with E-state index in [2.05, 4.69) is 43.5 Å². The summed E-state index contributed by atoms with van der Waals surface area (Å²) in [6.45, 7) is 8.60. The first kappa shape index (κ1) is 8.75. The summed E-state index contributed by atoms with van der Waals surface area (Å²) >= 11 is 1.57. The highest BCUT2D eigenvalue weighted by Crippen LogP contribution is 2.36. The van der Waals surface area contributed by atoms with E-state index in [9.17, 15) is 0 Å². The molecule has 0 saturated carbocycles. The molecular formula is C10H14N2S. The van der Waals surface area contributed by atoms with Crippen molar-refractivity contribution < 1.29 is 0 Å². The molecule has 0 aromatic carbocycles. The highest BCUT2D eigenvalue weighted by atomic mass is 32.1. The monoisotopic (exact) mass is 194 g/mol. The van der Waals surface area contributed by atoms with Crippen molar-refractivity contribution >= 4 is 22.9 Å². The van der Waals surface area contributed by atoms with Gasteiger partial charge < -0.3 is 5.32 Å². The van der Waals surface area contributed by atoms with E-state index in [1.54, 1.807) is 11.5 Å². The normalized spacial score (nSPS) is 18.9. The maximum atomic E-state index is 4.39. The van der Waals surface area contributed by atoms with Crippen LogP contribution >= 0.6 is 11.5 Å². The van der Waals surface area contributed by atoms with E-state index in [4.69, 9.17) is 0 Å². The van der Waals surface area contributed by atoms with Gasteiger partial charge in [-0.1, -0.05) is 6.08 Å². The standard InChI is InChI=1S/C10H14N2S/c1-6-5-10(3,4)11-9-8(6)7(2)13-12-9/h5H,1-4H3,(H,11,12). The van der Waals surface area contributed by atoms with Gasteiger partial charge in [-0.15, -0.1) is 0 Å². The summed E-state index contributed by atoms with van der Waals surface area (Å²) in [5.74, 6) is 1.05. The molecule has 2 rings (SSSR count). The van der Waals surface area contributed by atoms with Crippen LogP contribution in [0.2, 0.25) is 0 Å². The minimum absolute atomic E-state index is 0.0393. The lowest BCUT2D eigenvalue weighted by Crippen LogP contribution is -2.31. The smallest absolute Gasteiger partial charge is 0.148 e. The number of aryl methyl sites for hydroxylation is 1. The molecule has 1 aliphatic heterocycles. The van der Waals surface area contributed by atoms with Gasteiger partial charge in [-0.25, -0.2) is 0 Å². The number of fused-ring (bicyclic) bond motifs is 1. The number of hydrogen-bond acceptors (Lipinski definition) is 3. The van der Waals surface area contributed by atoms with E-state index in [-0.39, 0.29) is 5.54 Å². The van der Waals surface area contributed by atoms with Gasteiger partial charge in [0.1, 0.15) is 5.82 Å². The Balaban J connectivity index is 2.57. The first-order valence-corrected chi connectivity index (χ1v) is 5.21. The van der Waals surface area contributed by atoms with Crippen molar-refractivity contribution in [3.8, 4) is 0 Å². The summed E-state index contributed by atoms with van der Waals surface area (Å²) in [5.41, 5.74) is 2.67. The summed E-state index contributed by atoms with van der Waals surface area (Å²) in [6, 6.07) is 0. The van der Waals surface area contributed by atoms with Gasteiger partial charge in [0.25, 0.3) is 0 Å². The third kappa shape index (κ3) is 1.37. The molecule has 0 spiro atoms. The Morgan fingerprint density at radius 3 is 2.77 bits per heavy atom. The Kier molecular flexibility index (Phi) is 1.74. The van der Waals surface area contributed by atoms with Crippen LogP contribution < -0.4 is 5.32 Å². The molecule has 1 aromatic rings. The van der Waals surface area contributed by atoms with Crippen molar-refractivity contribution in [2.75, 3.05) is 5.32 Å². The van der Waals surface area contributed by atoms with Crippen LogP contribution in [0.15, 0.2) is 6.08 Å². The lowest BCUT2D eigenvalue weighted by molar-refractivity contribution is 0.704.